The predicted molar refractivity (Wildman–Crippen MR) is 97.8 cm³/mol. The Kier molecular flexibility index (Phi) is 4.56. The normalized spacial score (nSPS) is 20.6. The average Bonchev–Trinajstić information content (AvgIpc) is 3.14. The van der Waals surface area contributed by atoms with Crippen LogP contribution in [0.1, 0.15) is 19.8 Å². The molecule has 10 heteroatoms. The van der Waals surface area contributed by atoms with Crippen LogP contribution >= 0.6 is 0 Å². The van der Waals surface area contributed by atoms with E-state index in [4.69, 9.17) is 0 Å². The first kappa shape index (κ1) is 18.5. The van der Waals surface area contributed by atoms with E-state index in [2.05, 4.69) is 20.2 Å². The van der Waals surface area contributed by atoms with Crippen molar-refractivity contribution >= 4 is 33.5 Å². The number of halogens is 3. The van der Waals surface area contributed by atoms with Crippen molar-refractivity contribution in [3.63, 3.8) is 0 Å². The van der Waals surface area contributed by atoms with E-state index in [1.807, 2.05) is 23.2 Å². The lowest BCUT2D eigenvalue weighted by Gasteiger charge is -2.39. The van der Waals surface area contributed by atoms with Crippen LogP contribution in [0.5, 0.6) is 0 Å². The smallest absolute Gasteiger partial charge is 0.366 e. The summed E-state index contributed by atoms with van der Waals surface area (Å²) in [4.78, 5) is 22.8. The van der Waals surface area contributed by atoms with E-state index < -0.39 is 24.5 Å². The third kappa shape index (κ3) is 3.46. The van der Waals surface area contributed by atoms with E-state index in [-0.39, 0.29) is 6.04 Å². The van der Waals surface area contributed by atoms with Crippen molar-refractivity contribution in [1.29, 1.82) is 0 Å². The fourth-order valence-corrected chi connectivity index (χ4v) is 3.75. The first-order valence-electron chi connectivity index (χ1n) is 9.01. The van der Waals surface area contributed by atoms with Crippen LogP contribution in [0, 0.1) is 5.92 Å². The van der Waals surface area contributed by atoms with Crippen molar-refractivity contribution in [2.45, 2.75) is 32.0 Å². The van der Waals surface area contributed by atoms with Crippen molar-refractivity contribution in [3.8, 4) is 0 Å². The maximum Gasteiger partial charge on any atom is 0.405 e. The number of nitrogens with one attached hydrogen (secondary N) is 2. The summed E-state index contributed by atoms with van der Waals surface area (Å²) in [5.41, 5.74) is 2.15. The Balaban J connectivity index is 1.66. The summed E-state index contributed by atoms with van der Waals surface area (Å²) in [5, 5.41) is 10.9. The van der Waals surface area contributed by atoms with Gasteiger partial charge in [-0.05, 0) is 25.8 Å². The van der Waals surface area contributed by atoms with Gasteiger partial charge in [0.1, 0.15) is 6.54 Å². The van der Waals surface area contributed by atoms with Crippen LogP contribution in [0.4, 0.5) is 18.9 Å². The summed E-state index contributed by atoms with van der Waals surface area (Å²) in [7, 11) is 0. The minimum Gasteiger partial charge on any atom is -0.366 e. The number of carbonyl (C=O) groups excluding carboxylic acids is 1. The van der Waals surface area contributed by atoms with Gasteiger partial charge in [0.05, 0.1) is 29.5 Å². The zero-order valence-corrected chi connectivity index (χ0v) is 15.1. The molecular weight excluding hydrogens is 373 g/mol. The van der Waals surface area contributed by atoms with E-state index in [9.17, 15) is 18.0 Å². The molecule has 148 valence electrons. The number of piperidine rings is 1. The molecule has 1 fully saturated rings. The monoisotopic (exact) mass is 392 g/mol. The molecule has 0 saturated carbocycles. The molecule has 1 aliphatic heterocycles. The maximum atomic E-state index is 12.4. The lowest BCUT2D eigenvalue weighted by atomic mass is 9.92. The number of anilines is 1. The van der Waals surface area contributed by atoms with E-state index in [0.717, 1.165) is 22.0 Å². The highest BCUT2D eigenvalue weighted by molar-refractivity contribution is 6.09. The topological polar surface area (TPSA) is 86.8 Å². The van der Waals surface area contributed by atoms with Crippen LogP contribution in [-0.4, -0.2) is 51.4 Å². The van der Waals surface area contributed by atoms with Gasteiger partial charge in [0.25, 0.3) is 0 Å². The second kappa shape index (κ2) is 6.92. The lowest BCUT2D eigenvalue weighted by molar-refractivity contribution is -0.141. The maximum absolute atomic E-state index is 12.4. The zero-order valence-electron chi connectivity index (χ0n) is 15.1. The van der Waals surface area contributed by atoms with Crippen LogP contribution in [-0.2, 0) is 4.79 Å². The number of nitrogens with zero attached hydrogens (tertiary/aromatic N) is 4. The average molecular weight is 392 g/mol. The van der Waals surface area contributed by atoms with Gasteiger partial charge in [-0.3, -0.25) is 9.89 Å². The number of hydrogen-bond donors (Lipinski definition) is 2. The van der Waals surface area contributed by atoms with Crippen molar-refractivity contribution in [1.82, 2.24) is 25.5 Å². The van der Waals surface area contributed by atoms with Gasteiger partial charge in [-0.25, -0.2) is 9.97 Å². The number of aromatic amines is 1. The van der Waals surface area contributed by atoms with Gasteiger partial charge in [-0.15, -0.1) is 0 Å². The highest BCUT2D eigenvalue weighted by Crippen LogP contribution is 2.35. The first-order chi connectivity index (χ1) is 13.3. The number of rotatable bonds is 3. The number of pyridine rings is 1. The Morgan fingerprint density at radius 3 is 2.93 bits per heavy atom. The SMILES string of the molecule is CC1CCC(C(=O)NCC(F)(F)F)CN1c1cn[nH]c2cnc3nccc3c12. The van der Waals surface area contributed by atoms with Crippen molar-refractivity contribution in [2.24, 2.45) is 5.92 Å². The number of fused-ring (bicyclic) bond motifs is 3. The Bertz CT molecular complexity index is 1020. The Morgan fingerprint density at radius 1 is 1.32 bits per heavy atom. The number of amides is 1. The fourth-order valence-electron chi connectivity index (χ4n) is 3.75. The summed E-state index contributed by atoms with van der Waals surface area (Å²) in [6, 6.07) is 1.98. The van der Waals surface area contributed by atoms with Gasteiger partial charge < -0.3 is 10.2 Å². The molecule has 0 bridgehead atoms. The number of H-pyrrole nitrogens is 1. The molecule has 0 spiro atoms. The van der Waals surface area contributed by atoms with Crippen molar-refractivity contribution in [3.05, 3.63) is 24.7 Å². The second-order valence-corrected chi connectivity index (χ2v) is 7.09. The number of hydrogen-bond acceptors (Lipinski definition) is 5. The van der Waals surface area contributed by atoms with Gasteiger partial charge in [-0.1, -0.05) is 0 Å². The molecule has 0 radical (unpaired) electrons. The van der Waals surface area contributed by atoms with Crippen LogP contribution in [0.3, 0.4) is 0 Å². The van der Waals surface area contributed by atoms with E-state index in [1.54, 1.807) is 18.6 Å². The first-order valence-corrected chi connectivity index (χ1v) is 9.01. The standard InChI is InChI=1S/C18H19F3N6O/c1-10-2-3-11(17(28)24-9-18(19,20)21)8-27(10)14-7-25-26-13-6-23-16-12(15(13)14)4-5-22-16/h4-7,10-11,26H,2-3,8-9H2,1H3,(H,24,28). The predicted octanol–water partition coefficient (Wildman–Crippen LogP) is 2.79. The lowest BCUT2D eigenvalue weighted by Crippen LogP contribution is -2.48. The number of alkyl halides is 3. The molecule has 4 rings (SSSR count). The molecule has 28 heavy (non-hydrogen) atoms. The largest absolute Gasteiger partial charge is 0.405 e. The molecule has 2 N–H and O–H groups in total. The molecule has 0 aromatic carbocycles. The summed E-state index contributed by atoms with van der Waals surface area (Å²) in [5.74, 6) is -1.09. The molecular formula is C18H19F3N6O. The van der Waals surface area contributed by atoms with Crippen LogP contribution in [0.15, 0.2) is 24.7 Å². The molecule has 4 heterocycles. The Hall–Kier alpha value is -2.91. The molecule has 2 atom stereocenters. The third-order valence-electron chi connectivity index (χ3n) is 5.19. The van der Waals surface area contributed by atoms with E-state index in [0.29, 0.717) is 25.0 Å². The van der Waals surface area contributed by atoms with Crippen LogP contribution in [0.25, 0.3) is 21.9 Å². The second-order valence-electron chi connectivity index (χ2n) is 7.09. The molecule has 1 saturated heterocycles. The molecule has 1 amide bonds. The van der Waals surface area contributed by atoms with Crippen LogP contribution in [0.2, 0.25) is 0 Å². The van der Waals surface area contributed by atoms with Crippen LogP contribution < -0.4 is 10.2 Å². The molecule has 3 aromatic heterocycles. The summed E-state index contributed by atoms with van der Waals surface area (Å²) < 4.78 is 37.3. The highest BCUT2D eigenvalue weighted by atomic mass is 19.4. The molecule has 0 aliphatic carbocycles. The fraction of sp³-hybridized carbons (Fsp3) is 0.444. The summed E-state index contributed by atoms with van der Waals surface area (Å²) >= 11 is 0. The van der Waals surface area contributed by atoms with Crippen molar-refractivity contribution in [2.75, 3.05) is 18.0 Å². The molecule has 3 aromatic rings. The van der Waals surface area contributed by atoms with Gasteiger partial charge in [0.2, 0.25) is 5.91 Å². The highest BCUT2D eigenvalue weighted by Gasteiger charge is 2.34. The Labute approximate surface area is 158 Å². The third-order valence-corrected chi connectivity index (χ3v) is 5.19. The Morgan fingerprint density at radius 2 is 2.14 bits per heavy atom. The van der Waals surface area contributed by atoms with E-state index >= 15 is 0 Å². The van der Waals surface area contributed by atoms with Gasteiger partial charge in [-0.2, -0.15) is 18.3 Å². The summed E-state index contributed by atoms with van der Waals surface area (Å²) in [6.07, 6.45) is 1.83. The van der Waals surface area contributed by atoms with Gasteiger partial charge >= 0.3 is 6.18 Å². The minimum atomic E-state index is -4.42. The molecule has 1 aliphatic rings. The number of aromatic nitrogens is 4. The van der Waals surface area contributed by atoms with Gasteiger partial charge in [0.15, 0.2) is 5.65 Å². The zero-order chi connectivity index (χ0) is 19.9. The summed E-state index contributed by atoms with van der Waals surface area (Å²) in [6.45, 7) is 1.05. The number of carbonyl (C=O) groups is 1. The van der Waals surface area contributed by atoms with Crippen molar-refractivity contribution < 1.29 is 18.0 Å². The van der Waals surface area contributed by atoms with E-state index in [1.165, 1.54) is 0 Å². The minimum absolute atomic E-state index is 0.116. The quantitative estimate of drug-likeness (QED) is 0.716. The molecule has 2 unspecified atom stereocenters. The van der Waals surface area contributed by atoms with Gasteiger partial charge in [0, 0.05) is 29.6 Å². The molecule has 7 nitrogen and oxygen atoms in total.